The molecule has 4 rings (SSSR count). The summed E-state index contributed by atoms with van der Waals surface area (Å²) >= 11 is 0. The molecule has 38 heavy (non-hydrogen) atoms. The van der Waals surface area contributed by atoms with Crippen molar-refractivity contribution in [2.75, 3.05) is 19.7 Å². The molecule has 2 N–H and O–H groups in total. The highest BCUT2D eigenvalue weighted by Crippen LogP contribution is 2.32. The lowest BCUT2D eigenvalue weighted by Gasteiger charge is -2.39. The third-order valence-corrected chi connectivity index (χ3v) is 6.72. The summed E-state index contributed by atoms with van der Waals surface area (Å²) in [6.45, 7) is 3.61. The van der Waals surface area contributed by atoms with E-state index in [1.807, 2.05) is 36.5 Å². The van der Waals surface area contributed by atoms with Gasteiger partial charge in [0.05, 0.1) is 24.1 Å². The molecule has 2 atom stereocenters. The van der Waals surface area contributed by atoms with E-state index in [0.29, 0.717) is 24.6 Å². The molecule has 11 heteroatoms. The second-order valence-electron chi connectivity index (χ2n) is 9.74. The average Bonchev–Trinajstić information content (AvgIpc) is 3.35. The van der Waals surface area contributed by atoms with Crippen LogP contribution in [0.3, 0.4) is 0 Å². The summed E-state index contributed by atoms with van der Waals surface area (Å²) in [5.41, 5.74) is 2.48. The number of rotatable bonds is 10. The van der Waals surface area contributed by atoms with Crippen molar-refractivity contribution in [3.05, 3.63) is 60.4 Å². The average molecular weight is 507 g/mol. The van der Waals surface area contributed by atoms with Crippen molar-refractivity contribution in [1.82, 2.24) is 14.7 Å². The standard InChI is InChI=1S/C26H29B4N3O4.CH4/c1-26(35,16-34)20-3-2-10-32(15-20)13-18-5-4-17(11-23(18)37-25(29)30)19-12-31-33(14-19)21-6-8-22(9-7-21)36-24(27)28;/h4-9,11-12,14,20,24-25,34-35H,2-3,10,13,15-16H2,1H3;1H4/t20?,26-;/m1./s1. The van der Waals surface area contributed by atoms with Crippen LogP contribution in [0.1, 0.15) is 32.8 Å². The molecule has 0 spiro atoms. The molecule has 2 aromatic carbocycles. The highest BCUT2D eigenvalue weighted by atomic mass is 16.5. The number of aliphatic hydroxyl groups excluding tert-OH is 1. The minimum Gasteiger partial charge on any atom is -0.510 e. The van der Waals surface area contributed by atoms with Crippen molar-refractivity contribution in [3.63, 3.8) is 0 Å². The summed E-state index contributed by atoms with van der Waals surface area (Å²) in [5.74, 6) is -0.694. The molecule has 7 nitrogen and oxygen atoms in total. The first-order valence-electron chi connectivity index (χ1n) is 12.3. The van der Waals surface area contributed by atoms with Crippen molar-refractivity contribution >= 4 is 31.4 Å². The second kappa shape index (κ2) is 13.0. The molecule has 0 amide bonds. The van der Waals surface area contributed by atoms with Crippen LogP contribution in [0.4, 0.5) is 0 Å². The number of benzene rings is 2. The molecule has 1 aliphatic heterocycles. The molecule has 3 aromatic rings. The Balaban J connectivity index is 0.00000400. The summed E-state index contributed by atoms with van der Waals surface area (Å²) in [7, 11) is 22.5. The van der Waals surface area contributed by atoms with Gasteiger partial charge >= 0.3 is 0 Å². The van der Waals surface area contributed by atoms with E-state index >= 15 is 0 Å². The summed E-state index contributed by atoms with van der Waals surface area (Å²) < 4.78 is 12.8. The molecule has 1 unspecified atom stereocenters. The SMILES string of the molecule is C.[B]C([B])Oc1ccc(-n2cc(-c3ccc(CN4CCCC([C@](C)(O)CO)C4)c(OC([B])[B])c3)cn2)cc1. The van der Waals surface area contributed by atoms with E-state index in [0.717, 1.165) is 41.8 Å². The first-order valence-corrected chi connectivity index (χ1v) is 12.3. The van der Waals surface area contributed by atoms with Crippen LogP contribution in [-0.4, -0.2) is 93.4 Å². The van der Waals surface area contributed by atoms with Crippen molar-refractivity contribution in [2.45, 2.75) is 51.1 Å². The first kappa shape index (κ1) is 29.9. The fraction of sp³-hybridized carbons (Fsp3) is 0.444. The summed E-state index contributed by atoms with van der Waals surface area (Å²) in [5, 5.41) is 24.6. The van der Waals surface area contributed by atoms with Crippen LogP contribution in [-0.2, 0) is 6.54 Å². The van der Waals surface area contributed by atoms with Gasteiger partial charge in [-0.1, -0.05) is 19.6 Å². The van der Waals surface area contributed by atoms with Gasteiger partial charge in [0.1, 0.15) is 42.9 Å². The third kappa shape index (κ3) is 7.49. The van der Waals surface area contributed by atoms with Gasteiger partial charge in [-0.05, 0) is 62.2 Å². The van der Waals surface area contributed by atoms with Gasteiger partial charge in [-0.25, -0.2) is 4.68 Å². The maximum Gasteiger partial charge on any atom is 0.122 e. The Hall–Kier alpha value is -2.61. The molecule has 0 bridgehead atoms. The minimum absolute atomic E-state index is 0. The topological polar surface area (TPSA) is 80.0 Å². The van der Waals surface area contributed by atoms with Gasteiger partial charge in [0.2, 0.25) is 0 Å². The van der Waals surface area contributed by atoms with Gasteiger partial charge in [0, 0.05) is 48.1 Å². The number of likely N-dealkylation sites (tertiary alicyclic amines) is 1. The quantitative estimate of drug-likeness (QED) is 0.410. The molecule has 1 fully saturated rings. The number of hydrogen-bond donors (Lipinski definition) is 2. The Morgan fingerprint density at radius 2 is 1.76 bits per heavy atom. The number of ether oxygens (including phenoxy) is 2. The highest BCUT2D eigenvalue weighted by Gasteiger charge is 2.34. The van der Waals surface area contributed by atoms with Crippen LogP contribution in [0, 0.1) is 5.92 Å². The van der Waals surface area contributed by atoms with Crippen LogP contribution in [0.5, 0.6) is 11.5 Å². The van der Waals surface area contributed by atoms with Crippen molar-refractivity contribution in [3.8, 4) is 28.3 Å². The monoisotopic (exact) mass is 507 g/mol. The molecule has 2 heterocycles. The molecule has 192 valence electrons. The summed E-state index contributed by atoms with van der Waals surface area (Å²) in [6, 6.07) is 13.2. The number of aliphatic hydroxyl groups is 2. The molecule has 0 saturated carbocycles. The van der Waals surface area contributed by atoms with E-state index in [1.54, 1.807) is 29.9 Å². The van der Waals surface area contributed by atoms with Crippen LogP contribution >= 0.6 is 0 Å². The van der Waals surface area contributed by atoms with Gasteiger partial charge in [0.25, 0.3) is 0 Å². The lowest BCUT2D eigenvalue weighted by molar-refractivity contribution is -0.0697. The summed E-state index contributed by atoms with van der Waals surface area (Å²) in [4.78, 5) is 2.26. The molecule has 8 radical (unpaired) electrons. The molecule has 1 aromatic heterocycles. The van der Waals surface area contributed by atoms with Crippen molar-refractivity contribution in [1.29, 1.82) is 0 Å². The van der Waals surface area contributed by atoms with Gasteiger partial charge in [-0.3, -0.25) is 4.90 Å². The lowest BCUT2D eigenvalue weighted by atomic mass is 9.82. The van der Waals surface area contributed by atoms with E-state index in [4.69, 9.17) is 40.9 Å². The van der Waals surface area contributed by atoms with Gasteiger partial charge in [-0.2, -0.15) is 5.10 Å². The fourth-order valence-corrected chi connectivity index (χ4v) is 4.65. The largest absolute Gasteiger partial charge is 0.510 e. The van der Waals surface area contributed by atoms with Gasteiger partial charge in [-0.15, -0.1) is 0 Å². The number of aromatic nitrogens is 2. The molecule has 0 aliphatic carbocycles. The number of nitrogens with zero attached hydrogens (tertiary/aromatic N) is 3. The molecule has 1 aliphatic rings. The predicted molar refractivity (Wildman–Crippen MR) is 153 cm³/mol. The third-order valence-electron chi connectivity index (χ3n) is 6.72. The zero-order valence-corrected chi connectivity index (χ0v) is 21.0. The zero-order valence-electron chi connectivity index (χ0n) is 21.0. The highest BCUT2D eigenvalue weighted by molar-refractivity contribution is 6.35. The van der Waals surface area contributed by atoms with Gasteiger partial charge < -0.3 is 19.7 Å². The smallest absolute Gasteiger partial charge is 0.122 e. The number of hydrogen-bond acceptors (Lipinski definition) is 6. The van der Waals surface area contributed by atoms with E-state index in [1.165, 1.54) is 0 Å². The Morgan fingerprint density at radius 3 is 2.42 bits per heavy atom. The Morgan fingerprint density at radius 1 is 1.05 bits per heavy atom. The summed E-state index contributed by atoms with van der Waals surface area (Å²) in [6.07, 6.45) is 5.50. The molecular formula is C27H33B4N3O4. The number of piperidine rings is 1. The van der Waals surface area contributed by atoms with Crippen LogP contribution in [0.15, 0.2) is 54.9 Å². The second-order valence-corrected chi connectivity index (χ2v) is 9.74. The van der Waals surface area contributed by atoms with Crippen LogP contribution in [0.2, 0.25) is 0 Å². The molecule has 1 saturated heterocycles. The zero-order chi connectivity index (χ0) is 26.6. The van der Waals surface area contributed by atoms with Crippen LogP contribution in [0.25, 0.3) is 16.8 Å². The lowest BCUT2D eigenvalue weighted by Crippen LogP contribution is -2.47. The van der Waals surface area contributed by atoms with Gasteiger partial charge in [0.15, 0.2) is 0 Å². The van der Waals surface area contributed by atoms with E-state index in [9.17, 15) is 10.2 Å². The van der Waals surface area contributed by atoms with Crippen molar-refractivity contribution in [2.24, 2.45) is 5.92 Å². The van der Waals surface area contributed by atoms with E-state index in [2.05, 4.69) is 10.00 Å². The Bertz CT molecular complexity index is 1170. The first-order chi connectivity index (χ1) is 17.6. The minimum atomic E-state index is -1.10. The predicted octanol–water partition coefficient (Wildman–Crippen LogP) is 2.13. The van der Waals surface area contributed by atoms with E-state index < -0.39 is 17.4 Å². The maximum absolute atomic E-state index is 10.5. The van der Waals surface area contributed by atoms with E-state index in [-0.39, 0.29) is 20.0 Å². The fourth-order valence-electron chi connectivity index (χ4n) is 4.65. The Labute approximate surface area is 231 Å². The van der Waals surface area contributed by atoms with Crippen LogP contribution < -0.4 is 9.47 Å². The normalized spacial score (nSPS) is 17.7. The Kier molecular flexibility index (Phi) is 10.2. The van der Waals surface area contributed by atoms with Crippen molar-refractivity contribution < 1.29 is 19.7 Å². The molecular weight excluding hydrogens is 474 g/mol. The maximum atomic E-state index is 10.5.